The molecule has 0 spiro atoms. The minimum atomic E-state index is -0.302. The lowest BCUT2D eigenvalue weighted by molar-refractivity contribution is -0.111. The highest BCUT2D eigenvalue weighted by Gasteiger charge is 2.09. The van der Waals surface area contributed by atoms with Gasteiger partial charge in [-0.05, 0) is 37.3 Å². The fourth-order valence-electron chi connectivity index (χ4n) is 1.56. The Labute approximate surface area is 104 Å². The molecule has 2 rings (SSSR count). The van der Waals surface area contributed by atoms with Crippen molar-refractivity contribution in [1.29, 1.82) is 0 Å². The summed E-state index contributed by atoms with van der Waals surface area (Å²) in [6.07, 6.45) is 2.73. The van der Waals surface area contributed by atoms with Gasteiger partial charge in [-0.2, -0.15) is 5.10 Å². The quantitative estimate of drug-likeness (QED) is 0.844. The van der Waals surface area contributed by atoms with Gasteiger partial charge in [-0.25, -0.2) is 9.07 Å². The van der Waals surface area contributed by atoms with Crippen molar-refractivity contribution in [1.82, 2.24) is 9.78 Å². The second-order valence-corrected chi connectivity index (χ2v) is 3.73. The van der Waals surface area contributed by atoms with Crippen LogP contribution in [-0.2, 0) is 4.79 Å². The van der Waals surface area contributed by atoms with Gasteiger partial charge in [-0.3, -0.25) is 4.79 Å². The largest absolute Gasteiger partial charge is 0.320 e. The van der Waals surface area contributed by atoms with Crippen molar-refractivity contribution in [2.45, 2.75) is 6.92 Å². The van der Waals surface area contributed by atoms with Crippen molar-refractivity contribution in [2.24, 2.45) is 0 Å². The van der Waals surface area contributed by atoms with Crippen LogP contribution in [0.25, 0.3) is 5.69 Å². The first-order valence-electron chi connectivity index (χ1n) is 5.36. The Morgan fingerprint density at radius 2 is 2.11 bits per heavy atom. The molecule has 0 unspecified atom stereocenters. The molecule has 0 radical (unpaired) electrons. The number of amides is 1. The number of aromatic nitrogens is 2. The number of nitrogens with one attached hydrogen (secondary N) is 1. The van der Waals surface area contributed by atoms with Crippen molar-refractivity contribution in [3.05, 3.63) is 54.6 Å². The van der Waals surface area contributed by atoms with Crippen molar-refractivity contribution >= 4 is 11.6 Å². The maximum absolute atomic E-state index is 12.8. The van der Waals surface area contributed by atoms with E-state index in [1.165, 1.54) is 18.2 Å². The summed E-state index contributed by atoms with van der Waals surface area (Å²) >= 11 is 0. The fraction of sp³-hybridized carbons (Fsp3) is 0.0769. The zero-order valence-electron chi connectivity index (χ0n) is 9.85. The van der Waals surface area contributed by atoms with E-state index < -0.39 is 0 Å². The van der Waals surface area contributed by atoms with Crippen LogP contribution < -0.4 is 5.32 Å². The number of rotatable bonds is 3. The van der Waals surface area contributed by atoms with Gasteiger partial charge in [0.05, 0.1) is 23.3 Å². The van der Waals surface area contributed by atoms with Gasteiger partial charge in [0.15, 0.2) is 0 Å². The smallest absolute Gasteiger partial charge is 0.247 e. The van der Waals surface area contributed by atoms with Gasteiger partial charge >= 0.3 is 0 Å². The van der Waals surface area contributed by atoms with Crippen molar-refractivity contribution in [2.75, 3.05) is 5.32 Å². The fourth-order valence-corrected chi connectivity index (χ4v) is 1.56. The van der Waals surface area contributed by atoms with E-state index in [2.05, 4.69) is 17.0 Å². The lowest BCUT2D eigenvalue weighted by Crippen LogP contribution is -2.08. The van der Waals surface area contributed by atoms with Gasteiger partial charge in [0, 0.05) is 0 Å². The molecule has 0 atom stereocenters. The van der Waals surface area contributed by atoms with Crippen LogP contribution in [0.15, 0.2) is 43.1 Å². The molecule has 1 heterocycles. The number of carbonyl (C=O) groups excluding carboxylic acids is 1. The average molecular weight is 245 g/mol. The number of benzene rings is 1. The molecule has 2 aromatic rings. The van der Waals surface area contributed by atoms with Gasteiger partial charge < -0.3 is 5.32 Å². The van der Waals surface area contributed by atoms with Gasteiger partial charge in [0.25, 0.3) is 0 Å². The number of hydrogen-bond acceptors (Lipinski definition) is 2. The maximum Gasteiger partial charge on any atom is 0.247 e. The molecule has 1 N–H and O–H groups in total. The van der Waals surface area contributed by atoms with E-state index >= 15 is 0 Å². The normalized spacial score (nSPS) is 10.1. The van der Waals surface area contributed by atoms with Gasteiger partial charge in [-0.15, -0.1) is 0 Å². The highest BCUT2D eigenvalue weighted by atomic mass is 19.1. The molecule has 0 saturated heterocycles. The third kappa shape index (κ3) is 2.29. The van der Waals surface area contributed by atoms with Crippen LogP contribution >= 0.6 is 0 Å². The molecule has 4 nitrogen and oxygen atoms in total. The summed E-state index contributed by atoms with van der Waals surface area (Å²) < 4.78 is 14.5. The van der Waals surface area contributed by atoms with Crippen LogP contribution in [0, 0.1) is 12.7 Å². The molecule has 92 valence electrons. The second kappa shape index (κ2) is 4.83. The first kappa shape index (κ1) is 12.0. The first-order chi connectivity index (χ1) is 8.61. The SMILES string of the molecule is C=CC(=O)Nc1cnn(-c2ccc(F)cc2)c1C. The third-order valence-electron chi connectivity index (χ3n) is 2.52. The summed E-state index contributed by atoms with van der Waals surface area (Å²) in [6.45, 7) is 5.19. The minimum Gasteiger partial charge on any atom is -0.320 e. The molecule has 0 aliphatic rings. The van der Waals surface area contributed by atoms with E-state index in [1.807, 2.05) is 6.92 Å². The zero-order valence-corrected chi connectivity index (χ0v) is 9.85. The molecule has 0 saturated carbocycles. The summed E-state index contributed by atoms with van der Waals surface area (Å²) in [7, 11) is 0. The maximum atomic E-state index is 12.8. The predicted molar refractivity (Wildman–Crippen MR) is 67.1 cm³/mol. The van der Waals surface area contributed by atoms with Crippen LogP contribution in [0.3, 0.4) is 0 Å². The van der Waals surface area contributed by atoms with Crippen LogP contribution in [0.2, 0.25) is 0 Å². The Kier molecular flexibility index (Phi) is 3.23. The summed E-state index contributed by atoms with van der Waals surface area (Å²) in [5, 5.41) is 6.80. The van der Waals surface area contributed by atoms with E-state index in [1.54, 1.807) is 23.0 Å². The van der Waals surface area contributed by atoms with Crippen molar-refractivity contribution in [3.63, 3.8) is 0 Å². The Morgan fingerprint density at radius 3 is 2.72 bits per heavy atom. The topological polar surface area (TPSA) is 46.9 Å². The van der Waals surface area contributed by atoms with Crippen LogP contribution in [0.5, 0.6) is 0 Å². The molecule has 0 bridgehead atoms. The zero-order chi connectivity index (χ0) is 13.1. The van der Waals surface area contributed by atoms with E-state index in [-0.39, 0.29) is 11.7 Å². The Hall–Kier alpha value is -2.43. The van der Waals surface area contributed by atoms with Gasteiger partial charge in [0.1, 0.15) is 5.82 Å². The van der Waals surface area contributed by atoms with E-state index in [0.717, 1.165) is 11.4 Å². The molecular weight excluding hydrogens is 233 g/mol. The first-order valence-corrected chi connectivity index (χ1v) is 5.36. The third-order valence-corrected chi connectivity index (χ3v) is 2.52. The van der Waals surface area contributed by atoms with E-state index in [4.69, 9.17) is 0 Å². The molecule has 0 aliphatic heterocycles. The van der Waals surface area contributed by atoms with Gasteiger partial charge in [-0.1, -0.05) is 6.58 Å². The number of carbonyl (C=O) groups is 1. The summed E-state index contributed by atoms with van der Waals surface area (Å²) in [5.41, 5.74) is 2.09. The van der Waals surface area contributed by atoms with Crippen molar-refractivity contribution in [3.8, 4) is 5.69 Å². The molecule has 0 fully saturated rings. The lowest BCUT2D eigenvalue weighted by atomic mass is 10.3. The molecule has 1 aromatic heterocycles. The molecule has 5 heteroatoms. The summed E-state index contributed by atoms with van der Waals surface area (Å²) in [4.78, 5) is 11.2. The minimum absolute atomic E-state index is 0.295. The average Bonchev–Trinajstić information content (AvgIpc) is 2.72. The summed E-state index contributed by atoms with van der Waals surface area (Å²) in [6, 6.07) is 5.96. The van der Waals surface area contributed by atoms with E-state index in [9.17, 15) is 9.18 Å². The van der Waals surface area contributed by atoms with Crippen molar-refractivity contribution < 1.29 is 9.18 Å². The molecule has 18 heavy (non-hydrogen) atoms. The Bertz CT molecular complexity index is 587. The van der Waals surface area contributed by atoms with E-state index in [0.29, 0.717) is 5.69 Å². The molecule has 1 amide bonds. The number of nitrogens with zero attached hydrogens (tertiary/aromatic N) is 2. The van der Waals surface area contributed by atoms with Crippen LogP contribution in [-0.4, -0.2) is 15.7 Å². The standard InChI is InChI=1S/C13H12FN3O/c1-3-13(18)16-12-8-15-17(9(12)2)11-6-4-10(14)5-7-11/h3-8H,1H2,2H3,(H,16,18). The molecule has 0 aliphatic carbocycles. The van der Waals surface area contributed by atoms with Crippen LogP contribution in [0.1, 0.15) is 5.69 Å². The molecule has 1 aromatic carbocycles. The second-order valence-electron chi connectivity index (χ2n) is 3.73. The highest BCUT2D eigenvalue weighted by molar-refractivity contribution is 5.99. The van der Waals surface area contributed by atoms with Crippen LogP contribution in [0.4, 0.5) is 10.1 Å². The molecular formula is C13H12FN3O. The number of hydrogen-bond donors (Lipinski definition) is 1. The van der Waals surface area contributed by atoms with Gasteiger partial charge in [0.2, 0.25) is 5.91 Å². The number of halogens is 1. The number of anilines is 1. The Balaban J connectivity index is 2.33. The highest BCUT2D eigenvalue weighted by Crippen LogP contribution is 2.18. The lowest BCUT2D eigenvalue weighted by Gasteiger charge is -2.05. The predicted octanol–water partition coefficient (Wildman–Crippen LogP) is 2.44. The monoisotopic (exact) mass is 245 g/mol. The Morgan fingerprint density at radius 1 is 1.44 bits per heavy atom. The summed E-state index contributed by atoms with van der Waals surface area (Å²) in [5.74, 6) is -0.597.